The number of halogens is 1. The van der Waals surface area contributed by atoms with Gasteiger partial charge in [-0.1, -0.05) is 6.92 Å². The minimum Gasteiger partial charge on any atom is -0.478 e. The molecule has 1 aliphatic carbocycles. The lowest BCUT2D eigenvalue weighted by molar-refractivity contribution is 0.0692. The van der Waals surface area contributed by atoms with E-state index in [1.54, 1.807) is 11.9 Å². The Kier molecular flexibility index (Phi) is 3.00. The Morgan fingerprint density at radius 3 is 2.88 bits per heavy atom. The lowest BCUT2D eigenvalue weighted by atomic mass is 10.2. The second kappa shape index (κ2) is 4.31. The van der Waals surface area contributed by atoms with Crippen LogP contribution >= 0.6 is 0 Å². The molecular weight excluding hydrogens is 223 g/mol. The van der Waals surface area contributed by atoms with E-state index in [0.717, 1.165) is 6.42 Å². The first kappa shape index (κ1) is 11.8. The summed E-state index contributed by atoms with van der Waals surface area (Å²) >= 11 is 0. The predicted molar refractivity (Wildman–Crippen MR) is 61.7 cm³/mol. The molecule has 1 N–H and O–H groups in total. The number of rotatable bonds is 4. The molecule has 1 fully saturated rings. The molecule has 2 rings (SSSR count). The molecule has 1 heterocycles. The zero-order chi connectivity index (χ0) is 12.6. The Hall–Kier alpha value is -1.65. The summed E-state index contributed by atoms with van der Waals surface area (Å²) in [5.74, 6) is -0.669. The molecule has 0 spiro atoms. The largest absolute Gasteiger partial charge is 0.478 e. The SMILES string of the molecule is CC1CC1CN(C)c1nccc(C(=O)O)c1F. The van der Waals surface area contributed by atoms with E-state index in [1.807, 2.05) is 0 Å². The molecule has 92 valence electrons. The molecule has 0 aliphatic heterocycles. The van der Waals surface area contributed by atoms with Crippen LogP contribution in [0.4, 0.5) is 10.2 Å². The molecule has 1 aromatic rings. The summed E-state index contributed by atoms with van der Waals surface area (Å²) in [5, 5.41) is 8.82. The maximum atomic E-state index is 13.9. The van der Waals surface area contributed by atoms with Crippen LogP contribution in [-0.2, 0) is 0 Å². The second-order valence-corrected chi connectivity index (χ2v) is 4.65. The molecule has 1 saturated carbocycles. The van der Waals surface area contributed by atoms with Crippen molar-refractivity contribution in [3.05, 3.63) is 23.6 Å². The number of carboxylic acid groups (broad SMARTS) is 1. The number of anilines is 1. The number of carboxylic acids is 1. The van der Waals surface area contributed by atoms with Crippen molar-refractivity contribution in [2.75, 3.05) is 18.5 Å². The minimum atomic E-state index is -1.26. The number of pyridine rings is 1. The quantitative estimate of drug-likeness (QED) is 0.871. The molecule has 5 heteroatoms. The van der Waals surface area contributed by atoms with Crippen molar-refractivity contribution in [3.63, 3.8) is 0 Å². The van der Waals surface area contributed by atoms with Crippen LogP contribution in [0.2, 0.25) is 0 Å². The fourth-order valence-electron chi connectivity index (χ4n) is 1.96. The van der Waals surface area contributed by atoms with Gasteiger partial charge < -0.3 is 10.0 Å². The van der Waals surface area contributed by atoms with Crippen molar-refractivity contribution >= 4 is 11.8 Å². The van der Waals surface area contributed by atoms with Crippen LogP contribution in [0.25, 0.3) is 0 Å². The smallest absolute Gasteiger partial charge is 0.338 e. The van der Waals surface area contributed by atoms with Crippen LogP contribution in [0, 0.1) is 17.7 Å². The molecule has 17 heavy (non-hydrogen) atoms. The van der Waals surface area contributed by atoms with Gasteiger partial charge in [0, 0.05) is 19.8 Å². The Bertz CT molecular complexity index is 450. The molecular formula is C12H15FN2O2. The summed E-state index contributed by atoms with van der Waals surface area (Å²) in [4.78, 5) is 16.4. The summed E-state index contributed by atoms with van der Waals surface area (Å²) in [7, 11) is 1.74. The molecule has 4 nitrogen and oxygen atoms in total. The fraction of sp³-hybridized carbons (Fsp3) is 0.500. The van der Waals surface area contributed by atoms with Crippen molar-refractivity contribution in [2.45, 2.75) is 13.3 Å². The van der Waals surface area contributed by atoms with Crippen molar-refractivity contribution in [1.82, 2.24) is 4.98 Å². The third-order valence-electron chi connectivity index (χ3n) is 3.25. The van der Waals surface area contributed by atoms with Crippen LogP contribution in [0.1, 0.15) is 23.7 Å². The predicted octanol–water partition coefficient (Wildman–Crippen LogP) is 2.01. The van der Waals surface area contributed by atoms with Crippen LogP contribution in [0.3, 0.4) is 0 Å². The number of aromatic nitrogens is 1. The van der Waals surface area contributed by atoms with Crippen molar-refractivity contribution in [2.24, 2.45) is 11.8 Å². The van der Waals surface area contributed by atoms with E-state index in [1.165, 1.54) is 12.3 Å². The van der Waals surface area contributed by atoms with Gasteiger partial charge in [-0.25, -0.2) is 14.2 Å². The number of hydrogen-bond donors (Lipinski definition) is 1. The van der Waals surface area contributed by atoms with Crippen molar-refractivity contribution in [1.29, 1.82) is 0 Å². The van der Waals surface area contributed by atoms with Gasteiger partial charge in [-0.05, 0) is 24.3 Å². The average molecular weight is 238 g/mol. The third kappa shape index (κ3) is 2.38. The average Bonchev–Trinajstić information content (AvgIpc) is 2.93. The van der Waals surface area contributed by atoms with E-state index in [4.69, 9.17) is 5.11 Å². The summed E-state index contributed by atoms with van der Waals surface area (Å²) in [6.07, 6.45) is 2.47. The number of aromatic carboxylic acids is 1. The van der Waals surface area contributed by atoms with Crippen LogP contribution in [0.5, 0.6) is 0 Å². The molecule has 1 aliphatic rings. The van der Waals surface area contributed by atoms with E-state index in [0.29, 0.717) is 18.4 Å². The topological polar surface area (TPSA) is 53.4 Å². The van der Waals surface area contributed by atoms with Crippen LogP contribution in [0.15, 0.2) is 12.3 Å². The van der Waals surface area contributed by atoms with Crippen LogP contribution < -0.4 is 4.90 Å². The van der Waals surface area contributed by atoms with Gasteiger partial charge in [0.05, 0.1) is 0 Å². The van der Waals surface area contributed by atoms with Crippen molar-refractivity contribution < 1.29 is 14.3 Å². The highest BCUT2D eigenvalue weighted by Crippen LogP contribution is 2.38. The Morgan fingerprint density at radius 1 is 1.71 bits per heavy atom. The molecule has 0 aromatic carbocycles. The molecule has 0 saturated heterocycles. The summed E-state index contributed by atoms with van der Waals surface area (Å²) in [6.45, 7) is 2.87. The summed E-state index contributed by atoms with van der Waals surface area (Å²) in [6, 6.07) is 1.18. The maximum Gasteiger partial charge on any atom is 0.338 e. The zero-order valence-corrected chi connectivity index (χ0v) is 9.85. The molecule has 0 radical (unpaired) electrons. The van der Waals surface area contributed by atoms with E-state index in [2.05, 4.69) is 11.9 Å². The molecule has 0 amide bonds. The lowest BCUT2D eigenvalue weighted by Crippen LogP contribution is -2.23. The van der Waals surface area contributed by atoms with E-state index in [-0.39, 0.29) is 11.4 Å². The highest BCUT2D eigenvalue weighted by molar-refractivity contribution is 5.88. The van der Waals surface area contributed by atoms with E-state index in [9.17, 15) is 9.18 Å². The first-order valence-corrected chi connectivity index (χ1v) is 5.59. The highest BCUT2D eigenvalue weighted by Gasteiger charge is 2.34. The first-order valence-electron chi connectivity index (χ1n) is 5.59. The lowest BCUT2D eigenvalue weighted by Gasteiger charge is -2.19. The first-order chi connectivity index (χ1) is 8.00. The second-order valence-electron chi connectivity index (χ2n) is 4.65. The fourth-order valence-corrected chi connectivity index (χ4v) is 1.96. The molecule has 2 unspecified atom stereocenters. The number of nitrogens with zero attached hydrogens (tertiary/aromatic N) is 2. The van der Waals surface area contributed by atoms with Gasteiger partial charge in [-0.15, -0.1) is 0 Å². The monoisotopic (exact) mass is 238 g/mol. The third-order valence-corrected chi connectivity index (χ3v) is 3.25. The standard InChI is InChI=1S/C12H15FN2O2/c1-7-5-8(7)6-15(2)11-10(13)9(12(16)17)3-4-14-11/h3-4,7-8H,5-6H2,1-2H3,(H,16,17). The van der Waals surface area contributed by atoms with Gasteiger partial charge >= 0.3 is 5.97 Å². The van der Waals surface area contributed by atoms with Gasteiger partial charge in [0.25, 0.3) is 0 Å². The van der Waals surface area contributed by atoms with E-state index >= 15 is 0 Å². The van der Waals surface area contributed by atoms with Gasteiger partial charge in [0.1, 0.15) is 5.56 Å². The molecule has 1 aromatic heterocycles. The van der Waals surface area contributed by atoms with Crippen molar-refractivity contribution in [3.8, 4) is 0 Å². The summed E-state index contributed by atoms with van der Waals surface area (Å²) in [5.41, 5.74) is -0.328. The Balaban J connectivity index is 2.19. The van der Waals surface area contributed by atoms with Gasteiger partial charge in [-0.3, -0.25) is 0 Å². The van der Waals surface area contributed by atoms with Gasteiger partial charge in [0.2, 0.25) is 0 Å². The minimum absolute atomic E-state index is 0.115. The number of carbonyl (C=O) groups is 1. The summed E-state index contributed by atoms with van der Waals surface area (Å²) < 4.78 is 13.9. The van der Waals surface area contributed by atoms with Gasteiger partial charge in [0.15, 0.2) is 11.6 Å². The van der Waals surface area contributed by atoms with Crippen LogP contribution in [-0.4, -0.2) is 29.7 Å². The van der Waals surface area contributed by atoms with E-state index < -0.39 is 11.8 Å². The Labute approximate surface area is 99.1 Å². The molecule has 0 bridgehead atoms. The Morgan fingerprint density at radius 2 is 2.35 bits per heavy atom. The molecule has 2 atom stereocenters. The zero-order valence-electron chi connectivity index (χ0n) is 9.85. The van der Waals surface area contributed by atoms with Gasteiger partial charge in [-0.2, -0.15) is 0 Å². The maximum absolute atomic E-state index is 13.9. The normalized spacial score (nSPS) is 22.3. The highest BCUT2D eigenvalue weighted by atomic mass is 19.1. The number of hydrogen-bond acceptors (Lipinski definition) is 3.